The fraction of sp³-hybridized carbons (Fsp3) is 0.941. The zero-order chi connectivity index (χ0) is 15.0. The van der Waals surface area contributed by atoms with E-state index < -0.39 is 0 Å². The molecule has 0 aromatic rings. The van der Waals surface area contributed by atoms with Gasteiger partial charge >= 0.3 is 0 Å². The van der Waals surface area contributed by atoms with Gasteiger partial charge in [-0.2, -0.15) is 0 Å². The third kappa shape index (κ3) is 7.28. The fourth-order valence-electron chi connectivity index (χ4n) is 2.76. The van der Waals surface area contributed by atoms with E-state index in [-0.39, 0.29) is 0 Å². The second-order valence-electron chi connectivity index (χ2n) is 7.04. The molecule has 0 saturated carbocycles. The Labute approximate surface area is 125 Å². The molecule has 0 radical (unpaired) electrons. The quantitative estimate of drug-likeness (QED) is 0.681. The van der Waals surface area contributed by atoms with Crippen LogP contribution in [-0.2, 0) is 4.79 Å². The van der Waals surface area contributed by atoms with Gasteiger partial charge in [-0.15, -0.1) is 0 Å². The second kappa shape index (κ2) is 9.38. The lowest BCUT2D eigenvalue weighted by atomic mass is 10.1. The van der Waals surface area contributed by atoms with Crippen molar-refractivity contribution >= 4 is 5.91 Å². The zero-order valence-corrected chi connectivity index (χ0v) is 14.0. The van der Waals surface area contributed by atoms with Crippen molar-refractivity contribution in [2.45, 2.75) is 59.8 Å². The first-order valence-electron chi connectivity index (χ1n) is 8.49. The van der Waals surface area contributed by atoms with Gasteiger partial charge in [0.1, 0.15) is 0 Å². The van der Waals surface area contributed by atoms with Crippen LogP contribution in [0.25, 0.3) is 0 Å². The Balaban J connectivity index is 2.13. The summed E-state index contributed by atoms with van der Waals surface area (Å²) in [5, 5.41) is 0. The van der Waals surface area contributed by atoms with E-state index in [9.17, 15) is 4.79 Å². The minimum Gasteiger partial charge on any atom is -0.340 e. The summed E-state index contributed by atoms with van der Waals surface area (Å²) in [6, 6.07) is 0. The third-order valence-corrected chi connectivity index (χ3v) is 4.15. The second-order valence-corrected chi connectivity index (χ2v) is 7.04. The van der Waals surface area contributed by atoms with Gasteiger partial charge in [0.25, 0.3) is 0 Å². The smallest absolute Gasteiger partial charge is 0.222 e. The normalized spacial score (nSPS) is 17.2. The van der Waals surface area contributed by atoms with Crippen molar-refractivity contribution in [2.75, 3.05) is 32.7 Å². The van der Waals surface area contributed by atoms with Crippen LogP contribution in [0.4, 0.5) is 0 Å². The van der Waals surface area contributed by atoms with Gasteiger partial charge in [0, 0.05) is 32.6 Å². The lowest BCUT2D eigenvalue weighted by molar-refractivity contribution is -0.133. The molecule has 1 saturated heterocycles. The lowest BCUT2D eigenvalue weighted by Crippen LogP contribution is -2.48. The van der Waals surface area contributed by atoms with Crippen molar-refractivity contribution in [1.82, 2.24) is 9.80 Å². The van der Waals surface area contributed by atoms with Crippen molar-refractivity contribution in [2.24, 2.45) is 11.8 Å². The zero-order valence-electron chi connectivity index (χ0n) is 14.0. The van der Waals surface area contributed by atoms with Gasteiger partial charge in [0.15, 0.2) is 0 Å². The Morgan fingerprint density at radius 1 is 0.900 bits per heavy atom. The predicted octanol–water partition coefficient (Wildman–Crippen LogP) is 3.39. The maximum atomic E-state index is 12.1. The molecule has 0 unspecified atom stereocenters. The summed E-state index contributed by atoms with van der Waals surface area (Å²) in [6.07, 6.45) is 5.56. The average Bonchev–Trinajstić information content (AvgIpc) is 2.38. The molecule has 1 aliphatic heterocycles. The van der Waals surface area contributed by atoms with Crippen molar-refractivity contribution < 1.29 is 4.79 Å². The van der Waals surface area contributed by atoms with Crippen molar-refractivity contribution in [3.63, 3.8) is 0 Å². The van der Waals surface area contributed by atoms with E-state index in [1.165, 1.54) is 25.8 Å². The molecule has 20 heavy (non-hydrogen) atoms. The molecular formula is C17H34N2O. The van der Waals surface area contributed by atoms with Crippen molar-refractivity contribution in [3.05, 3.63) is 0 Å². The van der Waals surface area contributed by atoms with E-state index in [4.69, 9.17) is 0 Å². The van der Waals surface area contributed by atoms with Crippen LogP contribution in [0.3, 0.4) is 0 Å². The summed E-state index contributed by atoms with van der Waals surface area (Å²) in [4.78, 5) is 16.7. The van der Waals surface area contributed by atoms with Crippen LogP contribution in [0.2, 0.25) is 0 Å². The number of hydrogen-bond acceptors (Lipinski definition) is 2. The molecule has 0 aromatic carbocycles. The molecule has 1 fully saturated rings. The molecule has 0 aliphatic carbocycles. The highest BCUT2D eigenvalue weighted by Gasteiger charge is 2.20. The summed E-state index contributed by atoms with van der Waals surface area (Å²) >= 11 is 0. The van der Waals surface area contributed by atoms with Crippen LogP contribution in [0.5, 0.6) is 0 Å². The number of amides is 1. The molecule has 0 aromatic heterocycles. The molecule has 1 heterocycles. The van der Waals surface area contributed by atoms with Gasteiger partial charge in [-0.25, -0.2) is 0 Å². The SMILES string of the molecule is CC(C)CCCC(=O)N1CCN(CCCC(C)C)CC1. The summed E-state index contributed by atoms with van der Waals surface area (Å²) in [7, 11) is 0. The number of hydrogen-bond donors (Lipinski definition) is 0. The minimum atomic E-state index is 0.368. The van der Waals surface area contributed by atoms with E-state index in [0.717, 1.165) is 44.9 Å². The summed E-state index contributed by atoms with van der Waals surface area (Å²) < 4.78 is 0. The van der Waals surface area contributed by atoms with Gasteiger partial charge in [-0.05, 0) is 37.6 Å². The first-order valence-corrected chi connectivity index (χ1v) is 8.49. The lowest BCUT2D eigenvalue weighted by Gasteiger charge is -2.35. The first kappa shape index (κ1) is 17.5. The van der Waals surface area contributed by atoms with Gasteiger partial charge in [0.2, 0.25) is 5.91 Å². The highest BCUT2D eigenvalue weighted by atomic mass is 16.2. The fourth-order valence-corrected chi connectivity index (χ4v) is 2.76. The topological polar surface area (TPSA) is 23.6 Å². The number of carbonyl (C=O) groups is 1. The van der Waals surface area contributed by atoms with Crippen molar-refractivity contribution in [3.8, 4) is 0 Å². The number of rotatable bonds is 8. The Kier molecular flexibility index (Phi) is 8.20. The van der Waals surface area contributed by atoms with Gasteiger partial charge in [0.05, 0.1) is 0 Å². The van der Waals surface area contributed by atoms with Crippen LogP contribution in [0, 0.1) is 11.8 Å². The molecule has 3 nitrogen and oxygen atoms in total. The summed E-state index contributed by atoms with van der Waals surface area (Å²) in [5.41, 5.74) is 0. The molecule has 1 rings (SSSR count). The molecule has 0 N–H and O–H groups in total. The molecule has 0 atom stereocenters. The molecule has 118 valence electrons. The largest absolute Gasteiger partial charge is 0.340 e. The van der Waals surface area contributed by atoms with Crippen LogP contribution in [-0.4, -0.2) is 48.4 Å². The molecular weight excluding hydrogens is 248 g/mol. The summed E-state index contributed by atoms with van der Waals surface area (Å²) in [5.74, 6) is 1.88. The van der Waals surface area contributed by atoms with Gasteiger partial charge in [-0.3, -0.25) is 9.69 Å². The average molecular weight is 282 g/mol. The number of nitrogens with zero attached hydrogens (tertiary/aromatic N) is 2. The maximum absolute atomic E-state index is 12.1. The Morgan fingerprint density at radius 2 is 1.45 bits per heavy atom. The molecule has 1 amide bonds. The number of piperazine rings is 1. The Morgan fingerprint density at radius 3 is 2.00 bits per heavy atom. The predicted molar refractivity (Wildman–Crippen MR) is 85.8 cm³/mol. The molecule has 3 heteroatoms. The molecule has 0 bridgehead atoms. The first-order chi connectivity index (χ1) is 9.49. The van der Waals surface area contributed by atoms with Crippen LogP contribution < -0.4 is 0 Å². The van der Waals surface area contributed by atoms with E-state index >= 15 is 0 Å². The van der Waals surface area contributed by atoms with Crippen LogP contribution in [0.15, 0.2) is 0 Å². The van der Waals surface area contributed by atoms with E-state index in [2.05, 4.69) is 37.5 Å². The Bertz CT molecular complexity index is 268. The maximum Gasteiger partial charge on any atom is 0.222 e. The van der Waals surface area contributed by atoms with E-state index in [1.54, 1.807) is 0 Å². The molecule has 0 spiro atoms. The van der Waals surface area contributed by atoms with Gasteiger partial charge < -0.3 is 4.90 Å². The van der Waals surface area contributed by atoms with E-state index in [0.29, 0.717) is 11.8 Å². The highest BCUT2D eigenvalue weighted by molar-refractivity contribution is 5.76. The van der Waals surface area contributed by atoms with Crippen LogP contribution >= 0.6 is 0 Å². The number of carbonyl (C=O) groups excluding carboxylic acids is 1. The van der Waals surface area contributed by atoms with Crippen LogP contribution in [0.1, 0.15) is 59.8 Å². The standard InChI is InChI=1S/C17H34N2O/c1-15(2)7-5-9-17(20)19-13-11-18(12-14-19)10-6-8-16(3)4/h15-16H,5-14H2,1-4H3. The third-order valence-electron chi connectivity index (χ3n) is 4.15. The summed E-state index contributed by atoms with van der Waals surface area (Å²) in [6.45, 7) is 14.2. The van der Waals surface area contributed by atoms with E-state index in [1.807, 2.05) is 0 Å². The van der Waals surface area contributed by atoms with Gasteiger partial charge in [-0.1, -0.05) is 34.1 Å². The molecule has 1 aliphatic rings. The monoisotopic (exact) mass is 282 g/mol. The minimum absolute atomic E-state index is 0.368. The Hall–Kier alpha value is -0.570. The van der Waals surface area contributed by atoms with Crippen molar-refractivity contribution in [1.29, 1.82) is 0 Å². The highest BCUT2D eigenvalue weighted by Crippen LogP contribution is 2.11.